The highest BCUT2D eigenvalue weighted by atomic mass is 16.6. The van der Waals surface area contributed by atoms with Crippen LogP contribution in [-0.4, -0.2) is 69.3 Å². The Morgan fingerprint density at radius 3 is 1.32 bits per heavy atom. The summed E-state index contributed by atoms with van der Waals surface area (Å²) in [5.74, 6) is -2.46. The first-order chi connectivity index (χ1) is 17.4. The highest BCUT2D eigenvalue weighted by Crippen LogP contribution is 2.24. The van der Waals surface area contributed by atoms with Crippen LogP contribution in [-0.2, 0) is 32.3 Å². The number of amides is 2. The number of hydrogen-bond acceptors (Lipinski definition) is 6. The van der Waals surface area contributed by atoms with E-state index in [-0.39, 0.29) is 26.3 Å². The van der Waals surface area contributed by atoms with Gasteiger partial charge in [0.05, 0.1) is 0 Å². The Morgan fingerprint density at radius 1 is 0.703 bits per heavy atom. The van der Waals surface area contributed by atoms with Gasteiger partial charge in [-0.25, -0.2) is 19.2 Å². The summed E-state index contributed by atoms with van der Waals surface area (Å²) < 4.78 is 10.7. The maximum absolute atomic E-state index is 12.9. The number of nitrogens with zero attached hydrogens (tertiary/aromatic N) is 2. The van der Waals surface area contributed by atoms with Crippen LogP contribution in [0.1, 0.15) is 38.8 Å². The fourth-order valence-corrected chi connectivity index (χ4v) is 3.56. The molecule has 0 bridgehead atoms. The molecule has 2 aromatic carbocycles. The minimum atomic E-state index is -1.23. The molecule has 2 N–H and O–H groups in total. The van der Waals surface area contributed by atoms with Crippen LogP contribution in [0.25, 0.3) is 0 Å². The molecule has 200 valence electrons. The molecule has 0 radical (unpaired) electrons. The zero-order chi connectivity index (χ0) is 27.6. The predicted molar refractivity (Wildman–Crippen MR) is 135 cm³/mol. The van der Waals surface area contributed by atoms with E-state index in [0.29, 0.717) is 0 Å². The third-order valence-corrected chi connectivity index (χ3v) is 5.73. The van der Waals surface area contributed by atoms with Crippen molar-refractivity contribution in [2.45, 2.75) is 53.0 Å². The molecule has 10 heteroatoms. The number of carbonyl (C=O) groups is 4. The molecule has 2 unspecified atom stereocenters. The van der Waals surface area contributed by atoms with Gasteiger partial charge in [0.2, 0.25) is 0 Å². The van der Waals surface area contributed by atoms with E-state index in [1.54, 1.807) is 62.4 Å². The average molecular weight is 515 g/mol. The Labute approximate surface area is 216 Å². The molecular weight excluding hydrogens is 480 g/mol. The molecule has 2 amide bonds. The standard InChI is InChI=1S/C27H34N2O8/c1-19(23(30)31)28(25(34)36-15-21-11-7-5-8-12-21)17-27(3,4)18-29(20(2)24(32)33)26(35)37-16-22-13-9-6-10-14-22/h5-14,19-20H,15-18H2,1-4H3,(H,30,31)(H,32,33). The Kier molecular flexibility index (Phi) is 10.5. The first-order valence-corrected chi connectivity index (χ1v) is 11.8. The van der Waals surface area contributed by atoms with Crippen molar-refractivity contribution in [1.29, 1.82) is 0 Å². The van der Waals surface area contributed by atoms with E-state index in [4.69, 9.17) is 9.47 Å². The summed E-state index contributed by atoms with van der Waals surface area (Å²) in [6.07, 6.45) is -1.67. The van der Waals surface area contributed by atoms with Crippen LogP contribution in [0, 0.1) is 5.41 Å². The molecule has 0 spiro atoms. The number of aliphatic carboxylic acids is 2. The fourth-order valence-electron chi connectivity index (χ4n) is 3.56. The van der Waals surface area contributed by atoms with Gasteiger partial charge in [-0.1, -0.05) is 74.5 Å². The maximum Gasteiger partial charge on any atom is 0.410 e. The third kappa shape index (κ3) is 9.14. The third-order valence-electron chi connectivity index (χ3n) is 5.73. The van der Waals surface area contributed by atoms with Crippen LogP contribution in [0.3, 0.4) is 0 Å². The summed E-state index contributed by atoms with van der Waals surface area (Å²) in [5.41, 5.74) is 0.548. The highest BCUT2D eigenvalue weighted by Gasteiger charge is 2.37. The van der Waals surface area contributed by atoms with E-state index in [1.807, 2.05) is 12.1 Å². The summed E-state index contributed by atoms with van der Waals surface area (Å²) in [7, 11) is 0. The van der Waals surface area contributed by atoms with Crippen LogP contribution in [0.5, 0.6) is 0 Å². The first kappa shape index (κ1) is 29.2. The van der Waals surface area contributed by atoms with Crippen LogP contribution in [0.2, 0.25) is 0 Å². The Hall–Kier alpha value is -4.08. The van der Waals surface area contributed by atoms with Gasteiger partial charge in [-0.05, 0) is 25.0 Å². The van der Waals surface area contributed by atoms with E-state index in [1.165, 1.54) is 13.8 Å². The molecule has 2 aromatic rings. The minimum Gasteiger partial charge on any atom is -0.480 e. The quantitative estimate of drug-likeness (QED) is 0.430. The molecule has 0 heterocycles. The number of hydrogen-bond donors (Lipinski definition) is 2. The molecule has 10 nitrogen and oxygen atoms in total. The molecule has 0 saturated carbocycles. The van der Waals surface area contributed by atoms with Crippen molar-refractivity contribution in [3.63, 3.8) is 0 Å². The zero-order valence-corrected chi connectivity index (χ0v) is 21.5. The molecule has 2 rings (SSSR count). The molecule has 2 atom stereocenters. The lowest BCUT2D eigenvalue weighted by molar-refractivity contribution is -0.142. The Morgan fingerprint density at radius 2 is 1.03 bits per heavy atom. The van der Waals surface area contributed by atoms with Crippen molar-refractivity contribution >= 4 is 24.1 Å². The van der Waals surface area contributed by atoms with Crippen molar-refractivity contribution in [2.24, 2.45) is 5.41 Å². The van der Waals surface area contributed by atoms with E-state index < -0.39 is 41.6 Å². The zero-order valence-electron chi connectivity index (χ0n) is 21.5. The van der Waals surface area contributed by atoms with Gasteiger partial charge in [0.1, 0.15) is 25.3 Å². The molecule has 0 fully saturated rings. The topological polar surface area (TPSA) is 134 Å². The maximum atomic E-state index is 12.9. The van der Waals surface area contributed by atoms with Gasteiger partial charge in [0.25, 0.3) is 0 Å². The van der Waals surface area contributed by atoms with E-state index in [0.717, 1.165) is 20.9 Å². The van der Waals surface area contributed by atoms with Crippen LogP contribution in [0.15, 0.2) is 60.7 Å². The van der Waals surface area contributed by atoms with Gasteiger partial charge in [0.15, 0.2) is 0 Å². The second-order valence-corrected chi connectivity index (χ2v) is 9.53. The number of ether oxygens (including phenoxy) is 2. The first-order valence-electron chi connectivity index (χ1n) is 11.8. The highest BCUT2D eigenvalue weighted by molar-refractivity contribution is 5.80. The van der Waals surface area contributed by atoms with Gasteiger partial charge in [-0.2, -0.15) is 0 Å². The number of carboxylic acid groups (broad SMARTS) is 2. The summed E-state index contributed by atoms with van der Waals surface area (Å²) >= 11 is 0. The molecule has 0 aliphatic heterocycles. The van der Waals surface area contributed by atoms with Crippen molar-refractivity contribution in [1.82, 2.24) is 9.80 Å². The van der Waals surface area contributed by atoms with Gasteiger partial charge < -0.3 is 19.7 Å². The largest absolute Gasteiger partial charge is 0.480 e. The predicted octanol–water partition coefficient (Wildman–Crippen LogP) is 4.24. The van der Waals surface area contributed by atoms with Crippen molar-refractivity contribution in [3.05, 3.63) is 71.8 Å². The lowest BCUT2D eigenvalue weighted by Gasteiger charge is -2.38. The molecule has 0 aliphatic rings. The molecule has 0 saturated heterocycles. The molecule has 0 aliphatic carbocycles. The summed E-state index contributed by atoms with van der Waals surface area (Å²) in [6, 6.07) is 15.4. The SMILES string of the molecule is CC(C(=O)O)N(CC(C)(C)CN(C(=O)OCc1ccccc1)C(C)C(=O)O)C(=O)OCc1ccccc1. The van der Waals surface area contributed by atoms with E-state index in [9.17, 15) is 29.4 Å². The fraction of sp³-hybridized carbons (Fsp3) is 0.407. The van der Waals surface area contributed by atoms with Gasteiger partial charge in [-0.15, -0.1) is 0 Å². The number of carbonyl (C=O) groups excluding carboxylic acids is 2. The summed E-state index contributed by atoms with van der Waals surface area (Å²) in [4.78, 5) is 51.4. The second-order valence-electron chi connectivity index (χ2n) is 9.53. The van der Waals surface area contributed by atoms with Crippen molar-refractivity contribution in [2.75, 3.05) is 13.1 Å². The van der Waals surface area contributed by atoms with Gasteiger partial charge in [-0.3, -0.25) is 9.80 Å². The van der Waals surface area contributed by atoms with Crippen LogP contribution >= 0.6 is 0 Å². The summed E-state index contributed by atoms with van der Waals surface area (Å²) in [6.45, 7) is 5.78. The molecule has 0 aromatic heterocycles. The normalized spacial score (nSPS) is 12.6. The van der Waals surface area contributed by atoms with Crippen molar-refractivity contribution < 1.29 is 38.9 Å². The summed E-state index contributed by atoms with van der Waals surface area (Å²) in [5, 5.41) is 19.2. The van der Waals surface area contributed by atoms with Gasteiger partial charge >= 0.3 is 24.1 Å². The molecule has 37 heavy (non-hydrogen) atoms. The van der Waals surface area contributed by atoms with E-state index >= 15 is 0 Å². The Balaban J connectivity index is 2.17. The lowest BCUT2D eigenvalue weighted by atomic mass is 9.91. The molecular formula is C27H34N2O8. The number of benzene rings is 2. The van der Waals surface area contributed by atoms with Gasteiger partial charge in [0, 0.05) is 18.5 Å². The van der Waals surface area contributed by atoms with Crippen molar-refractivity contribution in [3.8, 4) is 0 Å². The number of rotatable bonds is 12. The van der Waals surface area contributed by atoms with Crippen LogP contribution in [0.4, 0.5) is 9.59 Å². The number of carboxylic acids is 2. The lowest BCUT2D eigenvalue weighted by Crippen LogP contribution is -2.53. The smallest absolute Gasteiger partial charge is 0.410 e. The second kappa shape index (κ2) is 13.3. The Bertz CT molecular complexity index is 975. The van der Waals surface area contributed by atoms with E-state index in [2.05, 4.69) is 0 Å². The van der Waals surface area contributed by atoms with Crippen LogP contribution < -0.4 is 0 Å². The monoisotopic (exact) mass is 514 g/mol. The average Bonchev–Trinajstić information content (AvgIpc) is 2.88. The minimum absolute atomic E-state index is 0.0447.